The molecule has 1 aliphatic rings. The van der Waals surface area contributed by atoms with Crippen LogP contribution in [0, 0.1) is 5.41 Å². The maximum Gasteiger partial charge on any atom is 0.110 e. The molecule has 0 unspecified atom stereocenters. The van der Waals surface area contributed by atoms with Gasteiger partial charge in [-0.25, -0.2) is 0 Å². The van der Waals surface area contributed by atoms with Gasteiger partial charge in [-0.3, -0.25) is 5.41 Å². The highest BCUT2D eigenvalue weighted by Gasteiger charge is 2.07. The van der Waals surface area contributed by atoms with Crippen molar-refractivity contribution >= 4 is 5.84 Å². The second kappa shape index (κ2) is 2.13. The molecule has 3 heteroatoms. The molecule has 1 saturated heterocycles. The molecule has 46 valence electrons. The molecule has 0 saturated carbocycles. The lowest BCUT2D eigenvalue weighted by atomic mass is 10.4. The molecule has 3 nitrogen and oxygen atoms in total. The summed E-state index contributed by atoms with van der Waals surface area (Å²) in [6.07, 6.45) is 0. The van der Waals surface area contributed by atoms with Crippen molar-refractivity contribution in [1.29, 1.82) is 5.41 Å². The van der Waals surface area contributed by atoms with Gasteiger partial charge in [-0.1, -0.05) is 0 Å². The highest BCUT2D eigenvalue weighted by Crippen LogP contribution is 1.87. The third-order valence-electron chi connectivity index (χ3n) is 1.38. The molecule has 0 aromatic heterocycles. The zero-order valence-corrected chi connectivity index (χ0v) is 5.07. The minimum Gasteiger partial charge on any atom is -0.361 e. The van der Waals surface area contributed by atoms with Gasteiger partial charge >= 0.3 is 0 Å². The quantitative estimate of drug-likeness (QED) is 0.444. The van der Waals surface area contributed by atoms with Crippen molar-refractivity contribution in [2.24, 2.45) is 0 Å². The van der Waals surface area contributed by atoms with Crippen molar-refractivity contribution < 1.29 is 0 Å². The van der Waals surface area contributed by atoms with E-state index in [1.54, 1.807) is 0 Å². The van der Waals surface area contributed by atoms with Gasteiger partial charge in [0.25, 0.3) is 0 Å². The van der Waals surface area contributed by atoms with Crippen LogP contribution in [0.5, 0.6) is 0 Å². The average Bonchev–Trinajstić information content (AvgIpc) is 1.77. The van der Waals surface area contributed by atoms with E-state index in [4.69, 9.17) is 5.41 Å². The molecule has 1 fully saturated rings. The second-order valence-electron chi connectivity index (χ2n) is 2.05. The summed E-state index contributed by atoms with van der Waals surface area (Å²) in [6, 6.07) is 0. The van der Waals surface area contributed by atoms with E-state index in [1.165, 1.54) is 0 Å². The molecule has 2 N–H and O–H groups in total. The van der Waals surface area contributed by atoms with E-state index in [0.29, 0.717) is 5.84 Å². The van der Waals surface area contributed by atoms with Gasteiger partial charge in [0.15, 0.2) is 0 Å². The summed E-state index contributed by atoms with van der Waals surface area (Å²) >= 11 is 0. The first-order chi connectivity index (χ1) is 3.80. The molecule has 8 heavy (non-hydrogen) atoms. The molecule has 0 atom stereocenters. The van der Waals surface area contributed by atoms with Crippen molar-refractivity contribution in [3.8, 4) is 0 Å². The molecule has 1 heterocycles. The molecule has 0 spiro atoms. The summed E-state index contributed by atoms with van der Waals surface area (Å²) in [5.74, 6) is 0.691. The van der Waals surface area contributed by atoms with Crippen LogP contribution in [0.15, 0.2) is 0 Å². The Hall–Kier alpha value is -0.570. The zero-order valence-electron chi connectivity index (χ0n) is 5.07. The fourth-order valence-electron chi connectivity index (χ4n) is 0.723. The predicted molar refractivity (Wildman–Crippen MR) is 33.2 cm³/mol. The van der Waals surface area contributed by atoms with Crippen molar-refractivity contribution in [2.45, 2.75) is 0 Å². The fraction of sp³-hybridized carbons (Fsp3) is 0.800. The summed E-state index contributed by atoms with van der Waals surface area (Å²) in [4.78, 5) is 1.95. The minimum atomic E-state index is 0.691. The Balaban J connectivity index is 2.39. The van der Waals surface area contributed by atoms with Gasteiger partial charge in [-0.15, -0.1) is 0 Å². The lowest BCUT2D eigenvalue weighted by molar-refractivity contribution is 0.442. The van der Waals surface area contributed by atoms with Crippen LogP contribution >= 0.6 is 0 Å². The number of likely N-dealkylation sites (N-methyl/N-ethyl adjacent to an activating group) is 1. The summed E-state index contributed by atoms with van der Waals surface area (Å²) in [6.45, 7) is 2.72. The van der Waals surface area contributed by atoms with Gasteiger partial charge in [-0.05, 0) is 0 Å². The lowest BCUT2D eigenvalue weighted by Crippen LogP contribution is -2.45. The Morgan fingerprint density at radius 1 is 1.75 bits per heavy atom. The third-order valence-corrected chi connectivity index (χ3v) is 1.38. The number of amidine groups is 1. The smallest absolute Gasteiger partial charge is 0.110 e. The fourth-order valence-corrected chi connectivity index (χ4v) is 0.723. The van der Waals surface area contributed by atoms with Crippen molar-refractivity contribution in [3.05, 3.63) is 0 Å². The number of rotatable bonds is 0. The SMILES string of the molecule is CN1CCNCC1=N. The highest BCUT2D eigenvalue weighted by atomic mass is 15.2. The van der Waals surface area contributed by atoms with E-state index in [9.17, 15) is 0 Å². The minimum absolute atomic E-state index is 0.691. The number of hydrogen-bond donors (Lipinski definition) is 2. The van der Waals surface area contributed by atoms with Gasteiger partial charge in [0.1, 0.15) is 5.84 Å². The molecule has 0 aromatic carbocycles. The number of nitrogens with one attached hydrogen (secondary N) is 2. The zero-order chi connectivity index (χ0) is 5.98. The summed E-state index contributed by atoms with van der Waals surface area (Å²) in [5.41, 5.74) is 0. The summed E-state index contributed by atoms with van der Waals surface area (Å²) in [7, 11) is 1.95. The van der Waals surface area contributed by atoms with E-state index in [1.807, 2.05) is 11.9 Å². The Morgan fingerprint density at radius 2 is 2.50 bits per heavy atom. The number of hydrogen-bond acceptors (Lipinski definition) is 2. The maximum atomic E-state index is 7.26. The van der Waals surface area contributed by atoms with E-state index >= 15 is 0 Å². The Kier molecular flexibility index (Phi) is 1.48. The first-order valence-electron chi connectivity index (χ1n) is 2.80. The molecule has 0 aromatic rings. The average molecular weight is 113 g/mol. The van der Waals surface area contributed by atoms with E-state index in [0.717, 1.165) is 19.6 Å². The normalized spacial score (nSPS) is 21.6. The molecule has 0 amide bonds. The van der Waals surface area contributed by atoms with E-state index < -0.39 is 0 Å². The first kappa shape index (κ1) is 5.56. The molecule has 0 bridgehead atoms. The van der Waals surface area contributed by atoms with Crippen LogP contribution in [0.2, 0.25) is 0 Å². The van der Waals surface area contributed by atoms with Crippen molar-refractivity contribution in [3.63, 3.8) is 0 Å². The lowest BCUT2D eigenvalue weighted by Gasteiger charge is -2.25. The third kappa shape index (κ3) is 0.980. The van der Waals surface area contributed by atoms with Crippen LogP contribution in [0.25, 0.3) is 0 Å². The molecular formula is C5H11N3. The van der Waals surface area contributed by atoms with Gasteiger partial charge in [0.05, 0.1) is 6.54 Å². The van der Waals surface area contributed by atoms with Gasteiger partial charge in [-0.2, -0.15) is 0 Å². The topological polar surface area (TPSA) is 39.1 Å². The van der Waals surface area contributed by atoms with Crippen LogP contribution in [-0.4, -0.2) is 37.4 Å². The number of piperazine rings is 1. The Labute approximate surface area is 49.2 Å². The molecular weight excluding hydrogens is 102 g/mol. The summed E-state index contributed by atoms with van der Waals surface area (Å²) in [5, 5.41) is 10.4. The predicted octanol–water partition coefficient (Wildman–Crippen LogP) is -0.501. The van der Waals surface area contributed by atoms with Crippen molar-refractivity contribution in [1.82, 2.24) is 10.2 Å². The van der Waals surface area contributed by atoms with Crippen LogP contribution in [-0.2, 0) is 0 Å². The van der Waals surface area contributed by atoms with Crippen molar-refractivity contribution in [2.75, 3.05) is 26.7 Å². The van der Waals surface area contributed by atoms with Gasteiger partial charge in [0.2, 0.25) is 0 Å². The second-order valence-corrected chi connectivity index (χ2v) is 2.05. The maximum absolute atomic E-state index is 7.26. The summed E-state index contributed by atoms with van der Waals surface area (Å²) < 4.78 is 0. The molecule has 0 radical (unpaired) electrons. The Bertz CT molecular complexity index is 99.8. The molecule has 1 aliphatic heterocycles. The largest absolute Gasteiger partial charge is 0.361 e. The van der Waals surface area contributed by atoms with Crippen LogP contribution in [0.1, 0.15) is 0 Å². The van der Waals surface area contributed by atoms with Gasteiger partial charge < -0.3 is 10.2 Å². The standard InChI is InChI=1S/C5H11N3/c1-8-3-2-7-4-5(8)6/h6-7H,2-4H2,1H3. The molecule has 0 aliphatic carbocycles. The van der Waals surface area contributed by atoms with Crippen LogP contribution < -0.4 is 5.32 Å². The Morgan fingerprint density at radius 3 is 2.88 bits per heavy atom. The van der Waals surface area contributed by atoms with E-state index in [2.05, 4.69) is 5.32 Å². The number of nitrogens with zero attached hydrogens (tertiary/aromatic N) is 1. The van der Waals surface area contributed by atoms with Crippen LogP contribution in [0.3, 0.4) is 0 Å². The first-order valence-corrected chi connectivity index (χ1v) is 2.80. The van der Waals surface area contributed by atoms with Crippen LogP contribution in [0.4, 0.5) is 0 Å². The monoisotopic (exact) mass is 113 g/mol. The van der Waals surface area contributed by atoms with E-state index in [-0.39, 0.29) is 0 Å². The highest BCUT2D eigenvalue weighted by molar-refractivity contribution is 5.81. The molecule has 1 rings (SSSR count). The van der Waals surface area contributed by atoms with Gasteiger partial charge in [0, 0.05) is 20.1 Å².